The molecule has 0 radical (unpaired) electrons. The minimum Gasteiger partial charge on any atom is -0.349 e. The molecule has 120 valence electrons. The number of hydrogen-bond acceptors (Lipinski definition) is 2. The van der Waals surface area contributed by atoms with Crippen molar-refractivity contribution in [3.05, 3.63) is 35.9 Å². The van der Waals surface area contributed by atoms with Crippen molar-refractivity contribution >= 4 is 18.3 Å². The van der Waals surface area contributed by atoms with Crippen LogP contribution in [0.15, 0.2) is 30.3 Å². The Labute approximate surface area is 130 Å². The first-order chi connectivity index (χ1) is 9.41. The molecule has 0 unspecified atom stereocenters. The van der Waals surface area contributed by atoms with E-state index in [4.69, 9.17) is 5.73 Å². The van der Waals surface area contributed by atoms with Crippen molar-refractivity contribution in [2.24, 2.45) is 5.73 Å². The van der Waals surface area contributed by atoms with Crippen molar-refractivity contribution in [1.82, 2.24) is 5.32 Å². The van der Waals surface area contributed by atoms with E-state index in [1.54, 1.807) is 0 Å². The van der Waals surface area contributed by atoms with Gasteiger partial charge in [-0.15, -0.1) is 12.4 Å². The smallest absolute Gasteiger partial charge is 0.277 e. The maximum Gasteiger partial charge on any atom is 0.277 e. The van der Waals surface area contributed by atoms with Gasteiger partial charge in [0, 0.05) is 0 Å². The van der Waals surface area contributed by atoms with Crippen LogP contribution in [0, 0.1) is 0 Å². The molecule has 6 heteroatoms. The Hall–Kier alpha value is -1.20. The molecule has 21 heavy (non-hydrogen) atoms. The maximum absolute atomic E-state index is 13.2. The highest BCUT2D eigenvalue weighted by Gasteiger charge is 2.38. The van der Waals surface area contributed by atoms with E-state index in [-0.39, 0.29) is 18.3 Å². The molecule has 0 bridgehead atoms. The Bertz CT molecular complexity index is 437. The van der Waals surface area contributed by atoms with Gasteiger partial charge in [0.05, 0.1) is 18.5 Å². The Morgan fingerprint density at radius 1 is 1.19 bits per heavy atom. The van der Waals surface area contributed by atoms with Crippen LogP contribution in [-0.2, 0) is 10.2 Å². The minimum absolute atomic E-state index is 0. The predicted molar refractivity (Wildman–Crippen MR) is 83.0 cm³/mol. The summed E-state index contributed by atoms with van der Waals surface area (Å²) in [6.45, 7) is 2.27. The van der Waals surface area contributed by atoms with Crippen LogP contribution >= 0.6 is 12.4 Å². The number of carbonyl (C=O) groups is 1. The first-order valence-electron chi connectivity index (χ1n) is 6.83. The Morgan fingerprint density at radius 3 is 2.14 bits per heavy atom. The van der Waals surface area contributed by atoms with Crippen molar-refractivity contribution in [2.75, 3.05) is 13.1 Å². The van der Waals surface area contributed by atoms with Crippen LogP contribution in [0.25, 0.3) is 0 Å². The van der Waals surface area contributed by atoms with Crippen molar-refractivity contribution in [3.8, 4) is 0 Å². The van der Waals surface area contributed by atoms with E-state index in [0.717, 1.165) is 5.56 Å². The van der Waals surface area contributed by atoms with Gasteiger partial charge in [0.1, 0.15) is 0 Å². The third-order valence-electron chi connectivity index (χ3n) is 3.77. The summed E-state index contributed by atoms with van der Waals surface area (Å²) >= 11 is 0. The minimum atomic E-state index is -3.07. The first-order valence-corrected chi connectivity index (χ1v) is 6.83. The van der Waals surface area contributed by atoms with Crippen molar-refractivity contribution in [2.45, 2.75) is 38.0 Å². The van der Waals surface area contributed by atoms with Crippen LogP contribution in [0.1, 0.15) is 32.3 Å². The molecule has 0 heterocycles. The molecule has 1 aromatic carbocycles. The Balaban J connectivity index is 0.00000400. The standard InChI is InChI=1S/C15H22F2N2O.ClH/c1-3-14(4-2,12-8-6-5-7-9-12)13(20)19-11-15(16,17)10-18;/h5-9H,3-4,10-11,18H2,1-2H3,(H,19,20);1H. The molecule has 0 fully saturated rings. The molecular formula is C15H23ClF2N2O. The molecule has 3 nitrogen and oxygen atoms in total. The lowest BCUT2D eigenvalue weighted by molar-refractivity contribution is -0.129. The van der Waals surface area contributed by atoms with Crippen LogP contribution in [0.2, 0.25) is 0 Å². The van der Waals surface area contributed by atoms with Gasteiger partial charge >= 0.3 is 0 Å². The number of nitrogens with two attached hydrogens (primary N) is 1. The van der Waals surface area contributed by atoms with Crippen LogP contribution in [-0.4, -0.2) is 24.9 Å². The van der Waals surface area contributed by atoms with E-state index in [0.29, 0.717) is 12.8 Å². The lowest BCUT2D eigenvalue weighted by Gasteiger charge is -2.31. The number of rotatable bonds is 7. The number of amides is 1. The summed E-state index contributed by atoms with van der Waals surface area (Å²) in [6.07, 6.45) is 1.10. The van der Waals surface area contributed by atoms with Crippen molar-refractivity contribution < 1.29 is 13.6 Å². The molecule has 0 saturated carbocycles. The number of benzene rings is 1. The van der Waals surface area contributed by atoms with E-state index >= 15 is 0 Å². The van der Waals surface area contributed by atoms with Gasteiger partial charge in [-0.25, -0.2) is 8.78 Å². The monoisotopic (exact) mass is 320 g/mol. The number of carbonyl (C=O) groups excluding carboxylic acids is 1. The predicted octanol–water partition coefficient (Wildman–Crippen LogP) is 2.88. The third kappa shape index (κ3) is 4.64. The van der Waals surface area contributed by atoms with Crippen molar-refractivity contribution in [3.63, 3.8) is 0 Å². The second kappa shape index (κ2) is 8.29. The average molecular weight is 321 g/mol. The summed E-state index contributed by atoms with van der Waals surface area (Å²) < 4.78 is 26.3. The second-order valence-electron chi connectivity index (χ2n) is 4.90. The second-order valence-corrected chi connectivity index (χ2v) is 4.90. The van der Waals surface area contributed by atoms with E-state index in [9.17, 15) is 13.6 Å². The molecular weight excluding hydrogens is 298 g/mol. The van der Waals surface area contributed by atoms with E-state index in [1.807, 2.05) is 44.2 Å². The van der Waals surface area contributed by atoms with Crippen LogP contribution in [0.4, 0.5) is 8.78 Å². The molecule has 0 aliphatic heterocycles. The zero-order valence-corrected chi connectivity index (χ0v) is 13.2. The summed E-state index contributed by atoms with van der Waals surface area (Å²) in [6, 6.07) is 9.26. The van der Waals surface area contributed by atoms with Crippen molar-refractivity contribution in [1.29, 1.82) is 0 Å². The number of alkyl halides is 2. The summed E-state index contributed by atoms with van der Waals surface area (Å²) in [5.41, 5.74) is 5.05. The highest BCUT2D eigenvalue weighted by molar-refractivity contribution is 5.88. The summed E-state index contributed by atoms with van der Waals surface area (Å²) in [7, 11) is 0. The quantitative estimate of drug-likeness (QED) is 0.811. The van der Waals surface area contributed by atoms with Gasteiger partial charge in [0.15, 0.2) is 0 Å². The maximum atomic E-state index is 13.2. The zero-order valence-electron chi connectivity index (χ0n) is 12.4. The molecule has 0 aliphatic rings. The Morgan fingerprint density at radius 2 is 1.71 bits per heavy atom. The molecule has 0 aromatic heterocycles. The van der Waals surface area contributed by atoms with Gasteiger partial charge in [-0.2, -0.15) is 0 Å². The third-order valence-corrected chi connectivity index (χ3v) is 3.77. The number of halogens is 3. The van der Waals surface area contributed by atoms with Crippen LogP contribution < -0.4 is 11.1 Å². The van der Waals surface area contributed by atoms with E-state index in [2.05, 4.69) is 5.32 Å². The van der Waals surface area contributed by atoms with Gasteiger partial charge < -0.3 is 11.1 Å². The van der Waals surface area contributed by atoms with Crippen LogP contribution in [0.3, 0.4) is 0 Å². The van der Waals surface area contributed by atoms with Gasteiger partial charge in [-0.3, -0.25) is 4.79 Å². The van der Waals surface area contributed by atoms with E-state index in [1.165, 1.54) is 0 Å². The fourth-order valence-electron chi connectivity index (χ4n) is 2.32. The molecule has 0 atom stereocenters. The van der Waals surface area contributed by atoms with Gasteiger partial charge in [0.2, 0.25) is 5.91 Å². The molecule has 0 spiro atoms. The largest absolute Gasteiger partial charge is 0.349 e. The summed E-state index contributed by atoms with van der Waals surface area (Å²) in [5, 5.41) is 2.35. The van der Waals surface area contributed by atoms with Gasteiger partial charge in [0.25, 0.3) is 5.92 Å². The molecule has 0 aliphatic carbocycles. The van der Waals surface area contributed by atoms with Gasteiger partial charge in [-0.1, -0.05) is 44.2 Å². The SMILES string of the molecule is CCC(CC)(C(=O)NCC(F)(F)CN)c1ccccc1.Cl. The topological polar surface area (TPSA) is 55.1 Å². The highest BCUT2D eigenvalue weighted by atomic mass is 35.5. The van der Waals surface area contributed by atoms with Crippen LogP contribution in [0.5, 0.6) is 0 Å². The Kier molecular flexibility index (Phi) is 7.82. The fourth-order valence-corrected chi connectivity index (χ4v) is 2.32. The zero-order chi connectivity index (χ0) is 15.2. The molecule has 1 amide bonds. The highest BCUT2D eigenvalue weighted by Crippen LogP contribution is 2.32. The fraction of sp³-hybridized carbons (Fsp3) is 0.533. The molecule has 0 saturated heterocycles. The molecule has 1 rings (SSSR count). The summed E-state index contributed by atoms with van der Waals surface area (Å²) in [4.78, 5) is 12.4. The normalized spacial score (nSPS) is 11.7. The van der Waals surface area contributed by atoms with E-state index < -0.39 is 24.4 Å². The first kappa shape index (κ1) is 19.8. The average Bonchev–Trinajstić information content (AvgIpc) is 2.48. The summed E-state index contributed by atoms with van der Waals surface area (Å²) in [5.74, 6) is -3.44. The van der Waals surface area contributed by atoms with Gasteiger partial charge in [-0.05, 0) is 18.4 Å². The number of hydrogen-bond donors (Lipinski definition) is 2. The number of nitrogens with one attached hydrogen (secondary N) is 1. The molecule has 3 N–H and O–H groups in total. The lowest BCUT2D eigenvalue weighted by atomic mass is 9.75. The molecule has 1 aromatic rings. The lowest BCUT2D eigenvalue weighted by Crippen LogP contribution is -2.49.